The summed E-state index contributed by atoms with van der Waals surface area (Å²) in [5, 5.41) is 10.3. The van der Waals surface area contributed by atoms with Crippen LogP contribution >= 0.6 is 0 Å². The highest BCUT2D eigenvalue weighted by Crippen LogP contribution is 2.48. The number of hydrogen-bond acceptors (Lipinski definition) is 3. The van der Waals surface area contributed by atoms with Gasteiger partial charge in [0, 0.05) is 47.0 Å². The molecule has 0 radical (unpaired) electrons. The normalized spacial score (nSPS) is 12.7. The molecule has 2 aliphatic heterocycles. The van der Waals surface area contributed by atoms with Gasteiger partial charge in [-0.1, -0.05) is 78.9 Å². The van der Waals surface area contributed by atoms with Gasteiger partial charge in [-0.2, -0.15) is 5.26 Å². The minimum atomic E-state index is 0.514. The van der Waals surface area contributed by atoms with Crippen LogP contribution in [0, 0.1) is 17.9 Å². The van der Waals surface area contributed by atoms with Gasteiger partial charge in [0.2, 0.25) is 0 Å². The van der Waals surface area contributed by atoms with Crippen LogP contribution in [0.4, 0.5) is 39.8 Å². The van der Waals surface area contributed by atoms with Crippen molar-refractivity contribution in [2.24, 2.45) is 0 Å². The molecule has 44 heavy (non-hydrogen) atoms. The van der Waals surface area contributed by atoms with Gasteiger partial charge in [-0.15, -0.1) is 0 Å². The van der Waals surface area contributed by atoms with Crippen LogP contribution in [-0.2, 0) is 12.8 Å². The lowest BCUT2D eigenvalue weighted by molar-refractivity contribution is 1.09. The van der Waals surface area contributed by atoms with Crippen molar-refractivity contribution in [3.8, 4) is 17.2 Å². The average molecular weight is 563 g/mol. The summed E-state index contributed by atoms with van der Waals surface area (Å²) in [5.41, 5.74) is 14.0. The quantitative estimate of drug-likeness (QED) is 0.201. The largest absolute Gasteiger partial charge is 0.310 e. The molecule has 0 spiro atoms. The number of nitrogens with zero attached hydrogens (tertiary/aromatic N) is 4. The smallest absolute Gasteiger partial charge is 0.195 e. The fraction of sp³-hybridized carbons (Fsp3) is 0.0500. The third-order valence-corrected chi connectivity index (χ3v) is 8.72. The summed E-state index contributed by atoms with van der Waals surface area (Å²) in [4.78, 5) is 8.47. The van der Waals surface area contributed by atoms with Crippen molar-refractivity contribution in [1.29, 1.82) is 5.26 Å². The molecule has 0 N–H and O–H groups in total. The van der Waals surface area contributed by atoms with Crippen LogP contribution < -0.4 is 9.80 Å². The summed E-state index contributed by atoms with van der Waals surface area (Å²) in [7, 11) is 0. The zero-order valence-corrected chi connectivity index (χ0v) is 23.9. The number of benzene rings is 6. The Kier molecular flexibility index (Phi) is 6.00. The molecule has 6 aromatic carbocycles. The van der Waals surface area contributed by atoms with Crippen molar-refractivity contribution in [2.75, 3.05) is 9.80 Å². The summed E-state index contributed by atoms with van der Waals surface area (Å²) < 4.78 is 0. The molecule has 0 bridgehead atoms. The topological polar surface area (TPSA) is 34.6 Å². The Morgan fingerprint density at radius 2 is 0.932 bits per heavy atom. The van der Waals surface area contributed by atoms with E-state index in [0.717, 1.165) is 58.1 Å². The molecule has 0 saturated heterocycles. The predicted octanol–water partition coefficient (Wildman–Crippen LogP) is 10.5. The molecule has 0 fully saturated rings. The van der Waals surface area contributed by atoms with E-state index < -0.39 is 0 Å². The van der Waals surface area contributed by atoms with Gasteiger partial charge in [-0.3, -0.25) is 0 Å². The monoisotopic (exact) mass is 562 g/mol. The molecule has 2 aliphatic rings. The number of nitriles is 1. The second-order valence-corrected chi connectivity index (χ2v) is 11.2. The third kappa shape index (κ3) is 4.05. The van der Waals surface area contributed by atoms with E-state index in [1.807, 2.05) is 24.3 Å². The van der Waals surface area contributed by atoms with Crippen molar-refractivity contribution in [2.45, 2.75) is 12.8 Å². The van der Waals surface area contributed by atoms with Crippen LogP contribution in [0.15, 0.2) is 133 Å². The average Bonchev–Trinajstić information content (AvgIpc) is 3.09. The number of hydrogen-bond donors (Lipinski definition) is 0. The summed E-state index contributed by atoms with van der Waals surface area (Å²) in [5.74, 6) is 0. The van der Waals surface area contributed by atoms with Crippen molar-refractivity contribution in [3.63, 3.8) is 0 Å². The maximum atomic E-state index is 10.3. The van der Waals surface area contributed by atoms with E-state index >= 15 is 0 Å². The van der Waals surface area contributed by atoms with Crippen molar-refractivity contribution >= 4 is 39.8 Å². The third-order valence-electron chi connectivity index (χ3n) is 8.72. The van der Waals surface area contributed by atoms with E-state index in [2.05, 4.69) is 130 Å². The number of para-hydroxylation sites is 4. The highest BCUT2D eigenvalue weighted by molar-refractivity contribution is 5.92. The predicted molar refractivity (Wildman–Crippen MR) is 178 cm³/mol. The first-order valence-electron chi connectivity index (χ1n) is 14.7. The molecule has 0 atom stereocenters. The van der Waals surface area contributed by atoms with Gasteiger partial charge in [0.15, 0.2) is 5.69 Å². The molecule has 8 rings (SSSR count). The van der Waals surface area contributed by atoms with Crippen molar-refractivity contribution in [1.82, 2.24) is 0 Å². The first-order chi connectivity index (χ1) is 21.7. The first kappa shape index (κ1) is 25.6. The lowest BCUT2D eigenvalue weighted by Crippen LogP contribution is -2.18. The summed E-state index contributed by atoms with van der Waals surface area (Å²) >= 11 is 0. The van der Waals surface area contributed by atoms with E-state index in [0.29, 0.717) is 11.3 Å². The molecule has 0 aromatic heterocycles. The number of fused-ring (bicyclic) bond motifs is 4. The Bertz CT molecular complexity index is 1930. The Balaban J connectivity index is 1.33. The molecule has 0 saturated carbocycles. The fourth-order valence-corrected chi connectivity index (χ4v) is 6.71. The zero-order valence-electron chi connectivity index (χ0n) is 23.9. The molecule has 206 valence electrons. The van der Waals surface area contributed by atoms with Gasteiger partial charge in [-0.25, -0.2) is 4.85 Å². The van der Waals surface area contributed by atoms with Gasteiger partial charge < -0.3 is 9.80 Å². The van der Waals surface area contributed by atoms with E-state index in [4.69, 9.17) is 6.57 Å². The maximum Gasteiger partial charge on any atom is 0.195 e. The molecule has 4 heteroatoms. The van der Waals surface area contributed by atoms with Crippen molar-refractivity contribution < 1.29 is 0 Å². The van der Waals surface area contributed by atoms with E-state index in [-0.39, 0.29) is 0 Å². The Labute approximate surface area is 257 Å². The lowest BCUT2D eigenvalue weighted by atomic mass is 9.92. The van der Waals surface area contributed by atoms with Gasteiger partial charge >= 0.3 is 0 Å². The zero-order chi connectivity index (χ0) is 29.6. The number of anilines is 6. The molecule has 4 nitrogen and oxygen atoms in total. The first-order valence-corrected chi connectivity index (χ1v) is 14.7. The second-order valence-electron chi connectivity index (χ2n) is 11.2. The standard InChI is InChI=1S/C40H26N4/c1-42-36-21-20-33(44-39-16-8-4-12-29(39)23-30-13-5-9-17-40(30)44)25-35(36)34-24-32(19-18-31(34)26-41)43-37-14-6-2-10-27(37)22-28-11-3-7-15-38(28)43/h2-21,24-25H,22-23H2. The van der Waals surface area contributed by atoms with Crippen LogP contribution in [0.5, 0.6) is 0 Å². The van der Waals surface area contributed by atoms with E-state index in [9.17, 15) is 5.26 Å². The van der Waals surface area contributed by atoms with Crippen molar-refractivity contribution in [3.05, 3.63) is 173 Å². The lowest BCUT2D eigenvalue weighted by Gasteiger charge is -2.34. The van der Waals surface area contributed by atoms with Crippen LogP contribution in [0.25, 0.3) is 16.0 Å². The molecular weight excluding hydrogens is 536 g/mol. The van der Waals surface area contributed by atoms with E-state index in [1.54, 1.807) is 0 Å². The minimum Gasteiger partial charge on any atom is -0.310 e. The van der Waals surface area contributed by atoms with Gasteiger partial charge in [-0.05, 0) is 88.0 Å². The van der Waals surface area contributed by atoms with Crippen LogP contribution in [-0.4, -0.2) is 0 Å². The maximum absolute atomic E-state index is 10.3. The Morgan fingerprint density at radius 1 is 0.523 bits per heavy atom. The molecule has 2 heterocycles. The van der Waals surface area contributed by atoms with Crippen LogP contribution in [0.3, 0.4) is 0 Å². The van der Waals surface area contributed by atoms with Gasteiger partial charge in [0.05, 0.1) is 18.2 Å². The summed E-state index contributed by atoms with van der Waals surface area (Å²) in [6.07, 6.45) is 1.74. The van der Waals surface area contributed by atoms with E-state index in [1.165, 1.54) is 22.3 Å². The highest BCUT2D eigenvalue weighted by atomic mass is 15.2. The van der Waals surface area contributed by atoms with Crippen LogP contribution in [0.1, 0.15) is 27.8 Å². The molecule has 0 aliphatic carbocycles. The SMILES string of the molecule is [C-]#[N+]c1ccc(N2c3ccccc3Cc3ccccc32)cc1-c1cc(N2c3ccccc3Cc3ccccc32)ccc1C#N. The molecule has 0 unspecified atom stereocenters. The highest BCUT2D eigenvalue weighted by Gasteiger charge is 2.27. The summed E-state index contributed by atoms with van der Waals surface area (Å²) in [6, 6.07) is 48.3. The summed E-state index contributed by atoms with van der Waals surface area (Å²) in [6.45, 7) is 8.07. The number of rotatable bonds is 3. The van der Waals surface area contributed by atoms with Gasteiger partial charge in [0.1, 0.15) is 0 Å². The molecular formula is C40H26N4. The van der Waals surface area contributed by atoms with Gasteiger partial charge in [0.25, 0.3) is 0 Å². The Morgan fingerprint density at radius 3 is 1.36 bits per heavy atom. The van der Waals surface area contributed by atoms with Crippen LogP contribution in [0.2, 0.25) is 0 Å². The Hall–Kier alpha value is -6.10. The second kappa shape index (κ2) is 10.3. The molecule has 0 amide bonds. The minimum absolute atomic E-state index is 0.514. The molecule has 6 aromatic rings. The fourth-order valence-electron chi connectivity index (χ4n) is 6.71.